The van der Waals surface area contributed by atoms with Gasteiger partial charge in [0.25, 0.3) is 0 Å². The van der Waals surface area contributed by atoms with Gasteiger partial charge in [0.2, 0.25) is 0 Å². The summed E-state index contributed by atoms with van der Waals surface area (Å²) in [7, 11) is 1.59. The Morgan fingerprint density at radius 1 is 1.14 bits per heavy atom. The third-order valence-corrected chi connectivity index (χ3v) is 4.49. The number of carbonyl (C=O) groups excluding carboxylic acids is 2. The van der Waals surface area contributed by atoms with Crippen molar-refractivity contribution in [3.8, 4) is 5.75 Å². The van der Waals surface area contributed by atoms with E-state index in [1.165, 1.54) is 0 Å². The molecule has 1 aromatic carbocycles. The Morgan fingerprint density at radius 2 is 1.86 bits per heavy atom. The molecule has 8 heteroatoms. The van der Waals surface area contributed by atoms with Crippen LogP contribution in [0, 0.1) is 13.8 Å². The first-order valence-electron chi connectivity index (χ1n) is 9.23. The minimum Gasteiger partial charge on any atom is -0.497 e. The largest absolute Gasteiger partial charge is 0.497 e. The molecule has 2 aromatic heterocycles. The van der Waals surface area contributed by atoms with Gasteiger partial charge in [-0.15, -0.1) is 0 Å². The minimum absolute atomic E-state index is 0.171. The number of furan rings is 1. The molecule has 1 unspecified atom stereocenters. The van der Waals surface area contributed by atoms with Gasteiger partial charge in [0.15, 0.2) is 0 Å². The fraction of sp³-hybridized carbons (Fsp3) is 0.286. The molecule has 0 saturated heterocycles. The maximum Gasteiger partial charge on any atom is 0.309 e. The van der Waals surface area contributed by atoms with Crippen LogP contribution >= 0.6 is 0 Å². The highest BCUT2D eigenvalue weighted by Gasteiger charge is 2.22. The summed E-state index contributed by atoms with van der Waals surface area (Å²) in [6.07, 6.45) is 1.57. The van der Waals surface area contributed by atoms with Crippen molar-refractivity contribution in [3.05, 3.63) is 71.4 Å². The molecular formula is C21H24N4O4. The van der Waals surface area contributed by atoms with Crippen molar-refractivity contribution in [2.24, 2.45) is 0 Å². The van der Waals surface area contributed by atoms with Crippen LogP contribution < -0.4 is 15.4 Å². The van der Waals surface area contributed by atoms with Gasteiger partial charge in [0.1, 0.15) is 17.6 Å². The summed E-state index contributed by atoms with van der Waals surface area (Å²) in [5, 5.41) is 9.75. The van der Waals surface area contributed by atoms with Crippen LogP contribution in [0.25, 0.3) is 0 Å². The lowest BCUT2D eigenvalue weighted by molar-refractivity contribution is -0.139. The molecule has 29 heavy (non-hydrogen) atoms. The molecule has 3 aromatic rings. The van der Waals surface area contributed by atoms with E-state index in [9.17, 15) is 9.59 Å². The second kappa shape index (κ2) is 9.09. The van der Waals surface area contributed by atoms with Crippen LogP contribution in [0.1, 0.15) is 28.8 Å². The zero-order valence-corrected chi connectivity index (χ0v) is 16.6. The molecule has 1 atom stereocenters. The van der Waals surface area contributed by atoms with Gasteiger partial charge in [-0.2, -0.15) is 5.10 Å². The highest BCUT2D eigenvalue weighted by Crippen LogP contribution is 2.20. The van der Waals surface area contributed by atoms with Crippen molar-refractivity contribution < 1.29 is 18.7 Å². The summed E-state index contributed by atoms with van der Waals surface area (Å²) in [6, 6.07) is 12.4. The number of ether oxygens (including phenoxy) is 1. The van der Waals surface area contributed by atoms with Crippen molar-refractivity contribution in [2.45, 2.75) is 26.4 Å². The molecule has 152 valence electrons. The van der Waals surface area contributed by atoms with Gasteiger partial charge >= 0.3 is 11.8 Å². The van der Waals surface area contributed by atoms with E-state index >= 15 is 0 Å². The van der Waals surface area contributed by atoms with Crippen molar-refractivity contribution in [1.29, 1.82) is 0 Å². The van der Waals surface area contributed by atoms with E-state index in [1.54, 1.807) is 36.3 Å². The summed E-state index contributed by atoms with van der Waals surface area (Å²) in [5.41, 5.74) is 2.66. The highest BCUT2D eigenvalue weighted by atomic mass is 16.5. The topological polar surface area (TPSA) is 98.4 Å². The Bertz CT molecular complexity index is 961. The number of aromatic nitrogens is 2. The molecule has 0 fully saturated rings. The Kier molecular flexibility index (Phi) is 6.33. The quantitative estimate of drug-likeness (QED) is 0.596. The number of hydrogen-bond donors (Lipinski definition) is 2. The molecule has 8 nitrogen and oxygen atoms in total. The fourth-order valence-electron chi connectivity index (χ4n) is 3.03. The first-order valence-corrected chi connectivity index (χ1v) is 9.23. The Labute approximate surface area is 168 Å². The maximum absolute atomic E-state index is 12.3. The molecule has 0 radical (unpaired) electrons. The first kappa shape index (κ1) is 20.2. The van der Waals surface area contributed by atoms with Gasteiger partial charge in [0, 0.05) is 18.8 Å². The number of amides is 2. The number of benzene rings is 1. The molecule has 2 heterocycles. The Balaban J connectivity index is 1.59. The van der Waals surface area contributed by atoms with Crippen LogP contribution in [-0.2, 0) is 16.1 Å². The molecule has 0 aliphatic carbocycles. The van der Waals surface area contributed by atoms with Crippen molar-refractivity contribution in [1.82, 2.24) is 20.4 Å². The van der Waals surface area contributed by atoms with Crippen molar-refractivity contribution in [3.63, 3.8) is 0 Å². The van der Waals surface area contributed by atoms with E-state index in [1.807, 2.05) is 38.1 Å². The predicted octanol–water partition coefficient (Wildman–Crippen LogP) is 2.12. The van der Waals surface area contributed by atoms with Crippen LogP contribution in [0.5, 0.6) is 5.75 Å². The Morgan fingerprint density at radius 3 is 2.45 bits per heavy atom. The van der Waals surface area contributed by atoms with Gasteiger partial charge in [-0.1, -0.05) is 12.1 Å². The number of rotatable bonds is 7. The molecule has 2 N–H and O–H groups in total. The molecule has 0 aliphatic heterocycles. The molecule has 0 spiro atoms. The summed E-state index contributed by atoms with van der Waals surface area (Å²) in [5.74, 6) is -0.0370. The summed E-state index contributed by atoms with van der Waals surface area (Å²) in [4.78, 5) is 24.4. The standard InChI is InChI=1S/C21H24N4O4/c1-14-11-15(2)25(24-14)18(19-5-4-10-29-19)13-23-21(27)20(26)22-12-16-6-8-17(28-3)9-7-16/h4-11,18H,12-13H2,1-3H3,(H,22,26)(H,23,27). The third-order valence-electron chi connectivity index (χ3n) is 4.49. The van der Waals surface area contributed by atoms with Crippen LogP contribution in [0.2, 0.25) is 0 Å². The van der Waals surface area contributed by atoms with Gasteiger partial charge in [-0.05, 0) is 49.7 Å². The lowest BCUT2D eigenvalue weighted by atomic mass is 10.2. The van der Waals surface area contributed by atoms with E-state index in [-0.39, 0.29) is 19.1 Å². The van der Waals surface area contributed by atoms with E-state index in [4.69, 9.17) is 9.15 Å². The van der Waals surface area contributed by atoms with Gasteiger partial charge in [-0.25, -0.2) is 0 Å². The maximum atomic E-state index is 12.3. The predicted molar refractivity (Wildman–Crippen MR) is 106 cm³/mol. The smallest absolute Gasteiger partial charge is 0.309 e. The van der Waals surface area contributed by atoms with E-state index in [0.29, 0.717) is 5.76 Å². The molecule has 2 amide bonds. The third kappa shape index (κ3) is 5.04. The lowest BCUT2D eigenvalue weighted by Crippen LogP contribution is -2.42. The number of aryl methyl sites for hydroxylation is 2. The SMILES string of the molecule is COc1ccc(CNC(=O)C(=O)NCC(c2ccco2)n2nc(C)cc2C)cc1. The van der Waals surface area contributed by atoms with E-state index in [0.717, 1.165) is 22.7 Å². The van der Waals surface area contributed by atoms with E-state index < -0.39 is 11.8 Å². The normalized spacial score (nSPS) is 11.7. The zero-order chi connectivity index (χ0) is 20.8. The second-order valence-electron chi connectivity index (χ2n) is 6.64. The number of methoxy groups -OCH3 is 1. The Hall–Kier alpha value is -3.55. The van der Waals surface area contributed by atoms with Crippen molar-refractivity contribution >= 4 is 11.8 Å². The van der Waals surface area contributed by atoms with Gasteiger partial charge in [-0.3, -0.25) is 14.3 Å². The highest BCUT2D eigenvalue weighted by molar-refractivity contribution is 6.35. The molecule has 0 saturated carbocycles. The van der Waals surface area contributed by atoms with Crippen LogP contribution in [-0.4, -0.2) is 35.2 Å². The number of nitrogens with zero attached hydrogens (tertiary/aromatic N) is 2. The summed E-state index contributed by atoms with van der Waals surface area (Å²) >= 11 is 0. The van der Waals surface area contributed by atoms with Crippen LogP contribution in [0.15, 0.2) is 53.1 Å². The summed E-state index contributed by atoms with van der Waals surface area (Å²) in [6.45, 7) is 4.24. The van der Waals surface area contributed by atoms with E-state index in [2.05, 4.69) is 15.7 Å². The molecule has 3 rings (SSSR count). The fourth-order valence-corrected chi connectivity index (χ4v) is 3.03. The number of nitrogens with one attached hydrogen (secondary N) is 2. The van der Waals surface area contributed by atoms with Gasteiger partial charge < -0.3 is 19.8 Å². The second-order valence-corrected chi connectivity index (χ2v) is 6.64. The monoisotopic (exact) mass is 396 g/mol. The minimum atomic E-state index is -0.711. The van der Waals surface area contributed by atoms with Gasteiger partial charge in [0.05, 0.1) is 19.1 Å². The summed E-state index contributed by atoms with van der Waals surface area (Å²) < 4.78 is 12.4. The number of hydrogen-bond acceptors (Lipinski definition) is 5. The molecule has 0 bridgehead atoms. The lowest BCUT2D eigenvalue weighted by Gasteiger charge is -2.18. The van der Waals surface area contributed by atoms with Crippen LogP contribution in [0.3, 0.4) is 0 Å². The average molecular weight is 396 g/mol. The number of carbonyl (C=O) groups is 2. The molecule has 0 aliphatic rings. The van der Waals surface area contributed by atoms with Crippen LogP contribution in [0.4, 0.5) is 0 Å². The first-order chi connectivity index (χ1) is 14.0. The zero-order valence-electron chi connectivity index (χ0n) is 16.6. The molecular weight excluding hydrogens is 372 g/mol. The van der Waals surface area contributed by atoms with Crippen molar-refractivity contribution in [2.75, 3.05) is 13.7 Å². The average Bonchev–Trinajstić information content (AvgIpc) is 3.36.